The van der Waals surface area contributed by atoms with Gasteiger partial charge in [0.1, 0.15) is 0 Å². The molecule has 96 valence electrons. The zero-order valence-electron chi connectivity index (χ0n) is 11.1. The summed E-state index contributed by atoms with van der Waals surface area (Å²) < 4.78 is 0. The summed E-state index contributed by atoms with van der Waals surface area (Å²) in [5, 5.41) is 9.39. The normalized spacial score (nSPS) is 33.0. The topological polar surface area (TPSA) is 49.5 Å². The molecule has 0 bridgehead atoms. The number of aliphatic hydroxyl groups excluding tert-OH is 1. The fourth-order valence-electron chi connectivity index (χ4n) is 3.25. The van der Waals surface area contributed by atoms with E-state index in [-0.39, 0.29) is 6.10 Å². The van der Waals surface area contributed by atoms with Crippen molar-refractivity contribution in [2.45, 2.75) is 45.6 Å². The van der Waals surface area contributed by atoms with E-state index in [2.05, 4.69) is 18.9 Å². The van der Waals surface area contributed by atoms with Gasteiger partial charge in [0.2, 0.25) is 0 Å². The number of hydrogen-bond donors (Lipinski definition) is 2. The van der Waals surface area contributed by atoms with Crippen molar-refractivity contribution >= 4 is 0 Å². The summed E-state index contributed by atoms with van der Waals surface area (Å²) in [6.07, 6.45) is 4.90. The van der Waals surface area contributed by atoms with Gasteiger partial charge in [-0.1, -0.05) is 19.8 Å². The lowest BCUT2D eigenvalue weighted by atomic mass is 9.70. The molecule has 1 rings (SSSR count). The molecule has 0 aliphatic heterocycles. The van der Waals surface area contributed by atoms with Gasteiger partial charge in [-0.3, -0.25) is 0 Å². The fraction of sp³-hybridized carbons (Fsp3) is 1.00. The van der Waals surface area contributed by atoms with E-state index in [1.165, 1.54) is 25.7 Å². The van der Waals surface area contributed by atoms with Crippen molar-refractivity contribution in [3.05, 3.63) is 0 Å². The average molecular weight is 228 g/mol. The maximum Gasteiger partial charge on any atom is 0.0638 e. The predicted octanol–water partition coefficient (Wildman–Crippen LogP) is 1.45. The number of nitrogens with zero attached hydrogens (tertiary/aromatic N) is 1. The van der Waals surface area contributed by atoms with E-state index in [4.69, 9.17) is 5.73 Å². The summed E-state index contributed by atoms with van der Waals surface area (Å²) in [4.78, 5) is 2.23. The predicted molar refractivity (Wildman–Crippen MR) is 68.3 cm³/mol. The smallest absolute Gasteiger partial charge is 0.0638 e. The maximum absolute atomic E-state index is 9.39. The third kappa shape index (κ3) is 4.04. The largest absolute Gasteiger partial charge is 0.392 e. The van der Waals surface area contributed by atoms with Crippen LogP contribution in [0, 0.1) is 11.3 Å². The fourth-order valence-corrected chi connectivity index (χ4v) is 3.25. The molecule has 3 unspecified atom stereocenters. The molecular weight excluding hydrogens is 200 g/mol. The first kappa shape index (κ1) is 13.9. The number of likely N-dealkylation sites (N-methyl/N-ethyl adjacent to an activating group) is 1. The first-order chi connectivity index (χ1) is 7.47. The van der Waals surface area contributed by atoms with Crippen LogP contribution < -0.4 is 5.73 Å². The van der Waals surface area contributed by atoms with Crippen molar-refractivity contribution in [2.24, 2.45) is 17.1 Å². The molecule has 0 saturated heterocycles. The van der Waals surface area contributed by atoms with Gasteiger partial charge >= 0.3 is 0 Å². The SMILES string of the molecule is CC(O)CN(C)CC1(CN)CCCC(C)C1. The highest BCUT2D eigenvalue weighted by atomic mass is 16.3. The van der Waals surface area contributed by atoms with Crippen LogP contribution in [-0.4, -0.2) is 42.8 Å². The van der Waals surface area contributed by atoms with Crippen molar-refractivity contribution in [1.29, 1.82) is 0 Å². The Bertz CT molecular complexity index is 208. The Balaban J connectivity index is 2.52. The monoisotopic (exact) mass is 228 g/mol. The highest BCUT2D eigenvalue weighted by Crippen LogP contribution is 2.39. The van der Waals surface area contributed by atoms with Gasteiger partial charge in [-0.15, -0.1) is 0 Å². The summed E-state index contributed by atoms with van der Waals surface area (Å²) >= 11 is 0. The summed E-state index contributed by atoms with van der Waals surface area (Å²) in [7, 11) is 2.09. The first-order valence-electron chi connectivity index (χ1n) is 6.54. The second-order valence-electron chi connectivity index (χ2n) is 5.95. The van der Waals surface area contributed by atoms with E-state index in [0.717, 1.165) is 25.6 Å². The molecule has 1 fully saturated rings. The average Bonchev–Trinajstić information content (AvgIpc) is 2.16. The van der Waals surface area contributed by atoms with Crippen molar-refractivity contribution in [1.82, 2.24) is 4.90 Å². The minimum absolute atomic E-state index is 0.249. The molecule has 0 aromatic rings. The zero-order chi connectivity index (χ0) is 12.2. The van der Waals surface area contributed by atoms with Crippen LogP contribution in [0.15, 0.2) is 0 Å². The molecule has 0 spiro atoms. The van der Waals surface area contributed by atoms with Crippen LogP contribution in [0.3, 0.4) is 0 Å². The molecule has 3 heteroatoms. The Morgan fingerprint density at radius 3 is 2.75 bits per heavy atom. The summed E-state index contributed by atoms with van der Waals surface area (Å²) in [6.45, 7) is 6.73. The Morgan fingerprint density at radius 1 is 1.56 bits per heavy atom. The first-order valence-corrected chi connectivity index (χ1v) is 6.54. The molecule has 1 aliphatic carbocycles. The molecule has 0 amide bonds. The van der Waals surface area contributed by atoms with Gasteiger partial charge < -0.3 is 15.7 Å². The second-order valence-corrected chi connectivity index (χ2v) is 5.95. The molecule has 0 radical (unpaired) electrons. The number of aliphatic hydroxyl groups is 1. The van der Waals surface area contributed by atoms with E-state index in [1.807, 2.05) is 6.92 Å². The zero-order valence-corrected chi connectivity index (χ0v) is 11.1. The molecule has 0 aromatic carbocycles. The van der Waals surface area contributed by atoms with Crippen molar-refractivity contribution < 1.29 is 5.11 Å². The minimum atomic E-state index is -0.249. The van der Waals surface area contributed by atoms with E-state index < -0.39 is 0 Å². The highest BCUT2D eigenvalue weighted by molar-refractivity contribution is 4.88. The van der Waals surface area contributed by atoms with Crippen molar-refractivity contribution in [3.63, 3.8) is 0 Å². The molecular formula is C13H28N2O. The molecule has 3 nitrogen and oxygen atoms in total. The van der Waals surface area contributed by atoms with Gasteiger partial charge in [-0.2, -0.15) is 0 Å². The Kier molecular flexibility index (Phi) is 5.22. The van der Waals surface area contributed by atoms with Crippen LogP contribution in [0.2, 0.25) is 0 Å². The molecule has 1 aliphatic rings. The quantitative estimate of drug-likeness (QED) is 0.749. The van der Waals surface area contributed by atoms with Gasteiger partial charge in [0.15, 0.2) is 0 Å². The van der Waals surface area contributed by atoms with E-state index in [9.17, 15) is 5.11 Å². The summed E-state index contributed by atoms with van der Waals surface area (Å²) in [6, 6.07) is 0. The van der Waals surface area contributed by atoms with Gasteiger partial charge in [-0.25, -0.2) is 0 Å². The van der Waals surface area contributed by atoms with E-state index in [0.29, 0.717) is 5.41 Å². The Hall–Kier alpha value is -0.120. The number of nitrogens with two attached hydrogens (primary N) is 1. The van der Waals surface area contributed by atoms with Crippen LogP contribution in [0.4, 0.5) is 0 Å². The van der Waals surface area contributed by atoms with Crippen molar-refractivity contribution in [2.75, 3.05) is 26.7 Å². The van der Waals surface area contributed by atoms with Crippen LogP contribution >= 0.6 is 0 Å². The molecule has 3 atom stereocenters. The van der Waals surface area contributed by atoms with Crippen LogP contribution in [0.5, 0.6) is 0 Å². The third-order valence-electron chi connectivity index (χ3n) is 3.80. The molecule has 16 heavy (non-hydrogen) atoms. The number of rotatable bonds is 5. The second kappa shape index (κ2) is 5.99. The molecule has 3 N–H and O–H groups in total. The maximum atomic E-state index is 9.39. The van der Waals surface area contributed by atoms with Crippen LogP contribution in [-0.2, 0) is 0 Å². The lowest BCUT2D eigenvalue weighted by Crippen LogP contribution is -2.45. The summed E-state index contributed by atoms with van der Waals surface area (Å²) in [5.41, 5.74) is 6.28. The van der Waals surface area contributed by atoms with Crippen LogP contribution in [0.1, 0.15) is 39.5 Å². The van der Waals surface area contributed by atoms with Crippen LogP contribution in [0.25, 0.3) is 0 Å². The molecule has 0 aromatic heterocycles. The Morgan fingerprint density at radius 2 is 2.25 bits per heavy atom. The van der Waals surface area contributed by atoms with Gasteiger partial charge in [0.05, 0.1) is 6.10 Å². The lowest BCUT2D eigenvalue weighted by Gasteiger charge is -2.42. The third-order valence-corrected chi connectivity index (χ3v) is 3.80. The molecule has 0 heterocycles. The van der Waals surface area contributed by atoms with Gasteiger partial charge in [0, 0.05) is 13.1 Å². The van der Waals surface area contributed by atoms with Crippen molar-refractivity contribution in [3.8, 4) is 0 Å². The molecule has 1 saturated carbocycles. The highest BCUT2D eigenvalue weighted by Gasteiger charge is 2.34. The summed E-state index contributed by atoms with van der Waals surface area (Å²) in [5.74, 6) is 0.803. The standard InChI is InChI=1S/C13H28N2O/c1-11-5-4-6-13(7-11,9-14)10-15(3)8-12(2)16/h11-12,16H,4-10,14H2,1-3H3. The minimum Gasteiger partial charge on any atom is -0.392 e. The lowest BCUT2D eigenvalue weighted by molar-refractivity contribution is 0.0726. The van der Waals surface area contributed by atoms with Gasteiger partial charge in [-0.05, 0) is 44.7 Å². The van der Waals surface area contributed by atoms with E-state index >= 15 is 0 Å². The Labute approximate surface area is 100 Å². The van der Waals surface area contributed by atoms with E-state index in [1.54, 1.807) is 0 Å². The number of hydrogen-bond acceptors (Lipinski definition) is 3. The van der Waals surface area contributed by atoms with Gasteiger partial charge in [0.25, 0.3) is 0 Å².